The second-order valence-electron chi connectivity index (χ2n) is 5.72. The van der Waals surface area contributed by atoms with E-state index in [0.29, 0.717) is 28.5 Å². The van der Waals surface area contributed by atoms with Gasteiger partial charge in [0.1, 0.15) is 0 Å². The number of anilines is 2. The van der Waals surface area contributed by atoms with Gasteiger partial charge in [-0.15, -0.1) is 11.3 Å². The van der Waals surface area contributed by atoms with E-state index in [1.54, 1.807) is 41.7 Å². The number of para-hydroxylation sites is 2. The van der Waals surface area contributed by atoms with Gasteiger partial charge >= 0.3 is 0 Å². The van der Waals surface area contributed by atoms with Gasteiger partial charge in [-0.25, -0.2) is 0 Å². The molecule has 0 aliphatic heterocycles. The summed E-state index contributed by atoms with van der Waals surface area (Å²) in [6.07, 6.45) is 0. The Hall–Kier alpha value is -2.83. The minimum atomic E-state index is -0.247. The highest BCUT2D eigenvalue weighted by atomic mass is 35.5. The predicted octanol–water partition coefficient (Wildman–Crippen LogP) is 4.38. The Morgan fingerprint density at radius 2 is 1.67 bits per heavy atom. The molecule has 0 aliphatic carbocycles. The number of hydrogen-bond donors (Lipinski definition) is 3. The summed E-state index contributed by atoms with van der Waals surface area (Å²) in [7, 11) is 0. The fourth-order valence-electron chi connectivity index (χ4n) is 2.38. The van der Waals surface area contributed by atoms with Gasteiger partial charge in [0, 0.05) is 15.5 Å². The first-order valence-electron chi connectivity index (χ1n) is 8.31. The first-order valence-corrected chi connectivity index (χ1v) is 9.56. The van der Waals surface area contributed by atoms with Crippen molar-refractivity contribution in [3.8, 4) is 0 Å². The van der Waals surface area contributed by atoms with Gasteiger partial charge in [-0.2, -0.15) is 0 Å². The second kappa shape index (κ2) is 9.21. The van der Waals surface area contributed by atoms with Gasteiger partial charge in [0.25, 0.3) is 5.91 Å². The molecule has 5 nitrogen and oxygen atoms in total. The lowest BCUT2D eigenvalue weighted by Crippen LogP contribution is -2.29. The summed E-state index contributed by atoms with van der Waals surface area (Å²) in [5.41, 5.74) is 1.78. The molecule has 1 heterocycles. The third-order valence-electron chi connectivity index (χ3n) is 3.76. The smallest absolute Gasteiger partial charge is 0.255 e. The number of hydrogen-bond acceptors (Lipinski definition) is 4. The van der Waals surface area contributed by atoms with Crippen LogP contribution in [0.15, 0.2) is 66.0 Å². The number of rotatable bonds is 7. The Morgan fingerprint density at radius 3 is 2.37 bits per heavy atom. The summed E-state index contributed by atoms with van der Waals surface area (Å²) >= 11 is 7.45. The van der Waals surface area contributed by atoms with Crippen LogP contribution < -0.4 is 16.0 Å². The highest BCUT2D eigenvalue weighted by molar-refractivity contribution is 7.09. The molecule has 0 unspecified atom stereocenters. The van der Waals surface area contributed by atoms with Gasteiger partial charge in [0.15, 0.2) is 0 Å². The van der Waals surface area contributed by atoms with Crippen molar-refractivity contribution < 1.29 is 9.59 Å². The van der Waals surface area contributed by atoms with E-state index in [4.69, 9.17) is 11.6 Å². The summed E-state index contributed by atoms with van der Waals surface area (Å²) in [6, 6.07) is 17.8. The Labute approximate surface area is 166 Å². The monoisotopic (exact) mass is 399 g/mol. The number of benzene rings is 2. The van der Waals surface area contributed by atoms with Gasteiger partial charge in [-0.3, -0.25) is 9.59 Å². The zero-order chi connectivity index (χ0) is 19.1. The number of carbonyl (C=O) groups is 2. The topological polar surface area (TPSA) is 70.2 Å². The average molecular weight is 400 g/mol. The number of nitrogens with one attached hydrogen (secondary N) is 3. The highest BCUT2D eigenvalue weighted by Crippen LogP contribution is 2.22. The molecule has 27 heavy (non-hydrogen) atoms. The number of amides is 2. The van der Waals surface area contributed by atoms with Crippen molar-refractivity contribution in [1.82, 2.24) is 5.32 Å². The molecule has 2 amide bonds. The number of carbonyl (C=O) groups excluding carboxylic acids is 2. The molecule has 2 aromatic carbocycles. The van der Waals surface area contributed by atoms with E-state index in [-0.39, 0.29) is 18.4 Å². The van der Waals surface area contributed by atoms with Crippen LogP contribution in [0, 0.1) is 0 Å². The standard InChI is InChI=1S/C20H18ClN3O2S/c21-15-9-7-14(8-10-15)20(26)24-18-6-2-1-5-17(18)22-13-19(25)23-12-16-4-3-11-27-16/h1-11,22H,12-13H2,(H,23,25)(H,24,26). The quantitative estimate of drug-likeness (QED) is 0.552. The molecule has 3 rings (SSSR count). The fourth-order valence-corrected chi connectivity index (χ4v) is 3.15. The summed E-state index contributed by atoms with van der Waals surface area (Å²) in [6.45, 7) is 0.617. The van der Waals surface area contributed by atoms with E-state index in [1.807, 2.05) is 35.7 Å². The van der Waals surface area contributed by atoms with Crippen molar-refractivity contribution in [1.29, 1.82) is 0 Å². The van der Waals surface area contributed by atoms with Crippen LogP contribution in [-0.2, 0) is 11.3 Å². The Kier molecular flexibility index (Phi) is 6.46. The second-order valence-corrected chi connectivity index (χ2v) is 7.18. The maximum atomic E-state index is 12.4. The Balaban J connectivity index is 1.57. The van der Waals surface area contributed by atoms with E-state index >= 15 is 0 Å². The van der Waals surface area contributed by atoms with Crippen molar-refractivity contribution in [2.24, 2.45) is 0 Å². The molecule has 0 bridgehead atoms. The highest BCUT2D eigenvalue weighted by Gasteiger charge is 2.10. The minimum Gasteiger partial charge on any atom is -0.374 e. The lowest BCUT2D eigenvalue weighted by molar-refractivity contribution is -0.119. The van der Waals surface area contributed by atoms with Crippen molar-refractivity contribution in [3.05, 3.63) is 81.5 Å². The van der Waals surface area contributed by atoms with Crippen LogP contribution in [0.25, 0.3) is 0 Å². The first kappa shape index (κ1) is 18.9. The normalized spacial score (nSPS) is 10.3. The molecule has 3 aromatic rings. The SMILES string of the molecule is O=C(CNc1ccccc1NC(=O)c1ccc(Cl)cc1)NCc1cccs1. The molecule has 0 spiro atoms. The van der Waals surface area contributed by atoms with Crippen molar-refractivity contribution in [3.63, 3.8) is 0 Å². The summed E-state index contributed by atoms with van der Waals surface area (Å²) < 4.78 is 0. The Morgan fingerprint density at radius 1 is 0.926 bits per heavy atom. The van der Waals surface area contributed by atoms with Crippen LogP contribution in [0.4, 0.5) is 11.4 Å². The maximum Gasteiger partial charge on any atom is 0.255 e. The van der Waals surface area contributed by atoms with Gasteiger partial charge in [0.2, 0.25) is 5.91 Å². The van der Waals surface area contributed by atoms with Gasteiger partial charge in [-0.1, -0.05) is 29.8 Å². The molecule has 0 atom stereocenters. The zero-order valence-corrected chi connectivity index (χ0v) is 15.9. The third-order valence-corrected chi connectivity index (χ3v) is 4.89. The molecule has 7 heteroatoms. The van der Waals surface area contributed by atoms with E-state index in [2.05, 4.69) is 16.0 Å². The van der Waals surface area contributed by atoms with Crippen molar-refractivity contribution in [2.75, 3.05) is 17.2 Å². The maximum absolute atomic E-state index is 12.4. The molecular weight excluding hydrogens is 382 g/mol. The van der Waals surface area contributed by atoms with Crippen LogP contribution in [0.1, 0.15) is 15.2 Å². The van der Waals surface area contributed by atoms with E-state index in [0.717, 1.165) is 4.88 Å². The fraction of sp³-hybridized carbons (Fsp3) is 0.100. The van der Waals surface area contributed by atoms with Gasteiger partial charge in [0.05, 0.1) is 24.5 Å². The van der Waals surface area contributed by atoms with Gasteiger partial charge in [-0.05, 0) is 47.8 Å². The molecule has 0 radical (unpaired) electrons. The summed E-state index contributed by atoms with van der Waals surface area (Å²) in [4.78, 5) is 25.5. The van der Waals surface area contributed by atoms with E-state index in [1.165, 1.54) is 0 Å². The summed E-state index contributed by atoms with van der Waals surface area (Å²) in [5, 5.41) is 11.3. The number of thiophene rings is 1. The van der Waals surface area contributed by atoms with Crippen LogP contribution in [0.2, 0.25) is 5.02 Å². The largest absolute Gasteiger partial charge is 0.374 e. The molecule has 0 saturated carbocycles. The lowest BCUT2D eigenvalue weighted by atomic mass is 10.2. The van der Waals surface area contributed by atoms with Crippen LogP contribution in [0.3, 0.4) is 0 Å². The van der Waals surface area contributed by atoms with Gasteiger partial charge < -0.3 is 16.0 Å². The average Bonchev–Trinajstić information content (AvgIpc) is 3.20. The van der Waals surface area contributed by atoms with Crippen molar-refractivity contribution in [2.45, 2.75) is 6.54 Å². The van der Waals surface area contributed by atoms with Crippen LogP contribution in [0.5, 0.6) is 0 Å². The van der Waals surface area contributed by atoms with Crippen LogP contribution in [-0.4, -0.2) is 18.4 Å². The molecule has 3 N–H and O–H groups in total. The van der Waals surface area contributed by atoms with E-state index in [9.17, 15) is 9.59 Å². The molecule has 0 fully saturated rings. The molecule has 138 valence electrons. The summed E-state index contributed by atoms with van der Waals surface area (Å²) in [5.74, 6) is -0.370. The molecular formula is C20H18ClN3O2S. The minimum absolute atomic E-state index is 0.110. The predicted molar refractivity (Wildman–Crippen MR) is 111 cm³/mol. The number of halogens is 1. The zero-order valence-electron chi connectivity index (χ0n) is 14.4. The lowest BCUT2D eigenvalue weighted by Gasteiger charge is -2.13. The third kappa shape index (κ3) is 5.57. The molecule has 1 aromatic heterocycles. The van der Waals surface area contributed by atoms with E-state index < -0.39 is 0 Å². The Bertz CT molecular complexity index is 911. The molecule has 0 aliphatic rings. The van der Waals surface area contributed by atoms with Crippen LogP contribution >= 0.6 is 22.9 Å². The van der Waals surface area contributed by atoms with Crippen molar-refractivity contribution >= 4 is 46.1 Å². The first-order chi connectivity index (χ1) is 13.1. The molecule has 0 saturated heterocycles.